The number of hydrogen-bond donors (Lipinski definition) is 1. The second-order valence-corrected chi connectivity index (χ2v) is 10.3. The van der Waals surface area contributed by atoms with Gasteiger partial charge >= 0.3 is 0 Å². The summed E-state index contributed by atoms with van der Waals surface area (Å²) in [5.74, 6) is 0.837. The topological polar surface area (TPSA) is 84.9 Å². The quantitative estimate of drug-likeness (QED) is 0.311. The molecule has 0 radical (unpaired) electrons. The van der Waals surface area contributed by atoms with Gasteiger partial charge in [-0.05, 0) is 61.2 Å². The van der Waals surface area contributed by atoms with Crippen LogP contribution in [0.1, 0.15) is 25.3 Å². The van der Waals surface area contributed by atoms with Crippen LogP contribution in [0.15, 0.2) is 77.7 Å². The monoisotopic (exact) mass is 530 g/mol. The number of ether oxygens (including phenoxy) is 2. The Bertz CT molecular complexity index is 1250. The summed E-state index contributed by atoms with van der Waals surface area (Å²) in [5, 5.41) is 3.08. The molecule has 0 spiro atoms. The Hall–Kier alpha value is -3.23. The van der Waals surface area contributed by atoms with Crippen LogP contribution in [0.3, 0.4) is 0 Å². The van der Waals surface area contributed by atoms with E-state index >= 15 is 0 Å². The normalized spacial score (nSPS) is 11.1. The van der Waals surface area contributed by atoms with E-state index in [2.05, 4.69) is 12.2 Å². The zero-order valence-corrected chi connectivity index (χ0v) is 22.0. The van der Waals surface area contributed by atoms with E-state index in [9.17, 15) is 13.2 Å². The predicted molar refractivity (Wildman–Crippen MR) is 143 cm³/mol. The lowest BCUT2D eigenvalue weighted by Gasteiger charge is -2.24. The number of halogens is 1. The van der Waals surface area contributed by atoms with Gasteiger partial charge in [-0.25, -0.2) is 8.42 Å². The molecule has 0 bridgehead atoms. The summed E-state index contributed by atoms with van der Waals surface area (Å²) in [6.07, 6.45) is 2.32. The number of para-hydroxylation sites is 1. The molecule has 3 aromatic carbocycles. The average Bonchev–Trinajstić information content (AvgIpc) is 2.89. The van der Waals surface area contributed by atoms with Gasteiger partial charge in [-0.3, -0.25) is 9.10 Å². The number of anilines is 1. The molecule has 1 N–H and O–H groups in total. The van der Waals surface area contributed by atoms with Crippen molar-refractivity contribution in [3.8, 4) is 11.5 Å². The molecule has 36 heavy (non-hydrogen) atoms. The number of aryl methyl sites for hydroxylation is 1. The van der Waals surface area contributed by atoms with Crippen LogP contribution >= 0.6 is 11.6 Å². The van der Waals surface area contributed by atoms with Crippen molar-refractivity contribution in [2.45, 2.75) is 31.1 Å². The summed E-state index contributed by atoms with van der Waals surface area (Å²) in [4.78, 5) is 12.9. The molecule has 0 aromatic heterocycles. The fraction of sp³-hybridized carbons (Fsp3) is 0.296. The minimum absolute atomic E-state index is 0.0772. The highest BCUT2D eigenvalue weighted by atomic mass is 35.5. The summed E-state index contributed by atoms with van der Waals surface area (Å²) >= 11 is 6.25. The van der Waals surface area contributed by atoms with Crippen LogP contribution in [0, 0.1) is 0 Å². The van der Waals surface area contributed by atoms with E-state index < -0.39 is 22.5 Å². The van der Waals surface area contributed by atoms with E-state index in [0.717, 1.165) is 28.5 Å². The molecule has 7 nitrogen and oxygen atoms in total. The van der Waals surface area contributed by atoms with E-state index in [1.54, 1.807) is 30.3 Å². The van der Waals surface area contributed by atoms with Gasteiger partial charge in [0.2, 0.25) is 5.91 Å². The molecule has 192 valence electrons. The number of carbonyl (C=O) groups is 1. The minimum Gasteiger partial charge on any atom is -0.495 e. The number of nitrogens with zero attached hydrogens (tertiary/aromatic N) is 1. The molecular formula is C27H31ClN2O5S. The Labute approximate surface area is 218 Å². The standard InChI is InChI=1S/C27H31ClN2O5S/c1-3-18-35-25-14-8-7-10-21(25)11-9-17-29-27(31)20-30(22-15-16-26(34-2)24(28)19-22)36(32,33)23-12-5-4-6-13-23/h4-8,10,12-16,19H,3,9,11,17-18,20H2,1-2H3,(H,29,31). The van der Waals surface area contributed by atoms with Gasteiger partial charge in [0, 0.05) is 6.54 Å². The molecule has 0 unspecified atom stereocenters. The maximum absolute atomic E-state index is 13.4. The maximum atomic E-state index is 13.4. The molecule has 3 rings (SSSR count). The zero-order chi connectivity index (χ0) is 26.0. The van der Waals surface area contributed by atoms with Crippen LogP contribution in [0.5, 0.6) is 11.5 Å². The Morgan fingerprint density at radius 1 is 1.00 bits per heavy atom. The summed E-state index contributed by atoms with van der Waals surface area (Å²) in [6, 6.07) is 20.4. The fourth-order valence-corrected chi connectivity index (χ4v) is 5.29. The number of sulfonamides is 1. The lowest BCUT2D eigenvalue weighted by molar-refractivity contribution is -0.119. The van der Waals surface area contributed by atoms with E-state index in [0.29, 0.717) is 25.3 Å². The molecule has 0 aliphatic carbocycles. The third-order valence-corrected chi connectivity index (χ3v) is 7.50. The zero-order valence-electron chi connectivity index (χ0n) is 20.4. The van der Waals surface area contributed by atoms with Gasteiger partial charge in [-0.15, -0.1) is 0 Å². The van der Waals surface area contributed by atoms with Crippen molar-refractivity contribution in [3.63, 3.8) is 0 Å². The number of nitrogens with one attached hydrogen (secondary N) is 1. The van der Waals surface area contributed by atoms with Gasteiger partial charge < -0.3 is 14.8 Å². The smallest absolute Gasteiger partial charge is 0.264 e. The summed E-state index contributed by atoms with van der Waals surface area (Å²) < 4.78 is 38.9. The first kappa shape index (κ1) is 27.4. The number of amides is 1. The number of carbonyl (C=O) groups excluding carboxylic acids is 1. The van der Waals surface area contributed by atoms with Crippen molar-refractivity contribution >= 4 is 33.2 Å². The fourth-order valence-electron chi connectivity index (χ4n) is 3.60. The Kier molecular flexibility index (Phi) is 10.0. The van der Waals surface area contributed by atoms with Crippen LogP contribution in [0.4, 0.5) is 5.69 Å². The van der Waals surface area contributed by atoms with Crippen LogP contribution in [0.25, 0.3) is 0 Å². The van der Waals surface area contributed by atoms with Crippen molar-refractivity contribution in [1.82, 2.24) is 5.32 Å². The molecule has 0 fully saturated rings. The van der Waals surface area contributed by atoms with Crippen molar-refractivity contribution in [1.29, 1.82) is 0 Å². The first-order valence-electron chi connectivity index (χ1n) is 11.8. The van der Waals surface area contributed by atoms with E-state index in [4.69, 9.17) is 21.1 Å². The van der Waals surface area contributed by atoms with E-state index in [-0.39, 0.29) is 15.6 Å². The summed E-state index contributed by atoms with van der Waals surface area (Å²) in [5.41, 5.74) is 1.34. The van der Waals surface area contributed by atoms with E-state index in [1.165, 1.54) is 25.3 Å². The third-order valence-electron chi connectivity index (χ3n) is 5.42. The van der Waals surface area contributed by atoms with Crippen molar-refractivity contribution < 1.29 is 22.7 Å². The minimum atomic E-state index is -4.02. The van der Waals surface area contributed by atoms with Gasteiger partial charge in [-0.1, -0.05) is 54.9 Å². The van der Waals surface area contributed by atoms with Crippen molar-refractivity contribution in [2.75, 3.05) is 31.1 Å². The van der Waals surface area contributed by atoms with E-state index in [1.807, 2.05) is 24.3 Å². The Morgan fingerprint density at radius 3 is 2.42 bits per heavy atom. The second-order valence-electron chi connectivity index (χ2n) is 8.05. The van der Waals surface area contributed by atoms with Gasteiger partial charge in [-0.2, -0.15) is 0 Å². The summed E-state index contributed by atoms with van der Waals surface area (Å²) in [7, 11) is -2.54. The molecule has 0 saturated heterocycles. The molecule has 0 heterocycles. The molecule has 0 atom stereocenters. The lowest BCUT2D eigenvalue weighted by Crippen LogP contribution is -2.41. The molecule has 9 heteroatoms. The van der Waals surface area contributed by atoms with Crippen LogP contribution < -0.4 is 19.1 Å². The van der Waals surface area contributed by atoms with Gasteiger partial charge in [0.15, 0.2) is 0 Å². The third kappa shape index (κ3) is 7.15. The van der Waals surface area contributed by atoms with Gasteiger partial charge in [0.1, 0.15) is 18.0 Å². The number of benzene rings is 3. The maximum Gasteiger partial charge on any atom is 0.264 e. The first-order chi connectivity index (χ1) is 17.4. The average molecular weight is 531 g/mol. The molecule has 0 saturated carbocycles. The molecule has 0 aliphatic rings. The second kappa shape index (κ2) is 13.2. The van der Waals surface area contributed by atoms with Gasteiger partial charge in [0.05, 0.1) is 29.3 Å². The molecular weight excluding hydrogens is 500 g/mol. The van der Waals surface area contributed by atoms with Crippen molar-refractivity contribution in [2.24, 2.45) is 0 Å². The SMILES string of the molecule is CCCOc1ccccc1CCCNC(=O)CN(c1ccc(OC)c(Cl)c1)S(=O)(=O)c1ccccc1. The first-order valence-corrected chi connectivity index (χ1v) is 13.6. The molecule has 3 aromatic rings. The van der Waals surface area contributed by atoms with Crippen LogP contribution in [-0.2, 0) is 21.2 Å². The largest absolute Gasteiger partial charge is 0.495 e. The Morgan fingerprint density at radius 2 is 1.72 bits per heavy atom. The predicted octanol–water partition coefficient (Wildman–Crippen LogP) is 5.08. The van der Waals surface area contributed by atoms with Crippen molar-refractivity contribution in [3.05, 3.63) is 83.4 Å². The number of methoxy groups -OCH3 is 1. The highest BCUT2D eigenvalue weighted by Gasteiger charge is 2.27. The number of hydrogen-bond acceptors (Lipinski definition) is 5. The lowest BCUT2D eigenvalue weighted by atomic mass is 10.1. The van der Waals surface area contributed by atoms with Gasteiger partial charge in [0.25, 0.3) is 10.0 Å². The van der Waals surface area contributed by atoms with Crippen LogP contribution in [0.2, 0.25) is 5.02 Å². The Balaban J connectivity index is 1.70. The summed E-state index contributed by atoms with van der Waals surface area (Å²) in [6.45, 7) is 2.70. The van der Waals surface area contributed by atoms with Crippen LogP contribution in [-0.4, -0.2) is 41.1 Å². The molecule has 1 amide bonds. The highest BCUT2D eigenvalue weighted by molar-refractivity contribution is 7.92. The molecule has 0 aliphatic heterocycles. The highest BCUT2D eigenvalue weighted by Crippen LogP contribution is 2.31. The number of rotatable bonds is 13.